The van der Waals surface area contributed by atoms with Crippen molar-refractivity contribution >= 4 is 22.5 Å². The van der Waals surface area contributed by atoms with E-state index in [9.17, 15) is 0 Å². The van der Waals surface area contributed by atoms with Gasteiger partial charge in [-0.05, 0) is 26.8 Å². The van der Waals surface area contributed by atoms with Crippen LogP contribution in [0.2, 0.25) is 5.15 Å². The van der Waals surface area contributed by atoms with Gasteiger partial charge in [-0.2, -0.15) is 0 Å². The zero-order chi connectivity index (χ0) is 13.8. The number of fused-ring (bicyclic) bond motifs is 3. The van der Waals surface area contributed by atoms with Crippen molar-refractivity contribution in [3.63, 3.8) is 0 Å². The number of hydrogen-bond donors (Lipinski definition) is 0. The predicted molar refractivity (Wildman–Crippen MR) is 74.2 cm³/mol. The number of nitrogens with zero attached hydrogens (tertiary/aromatic N) is 2. The first-order valence-electron chi connectivity index (χ1n) is 6.14. The molecule has 0 atom stereocenters. The molecule has 0 saturated heterocycles. The zero-order valence-electron chi connectivity index (χ0n) is 11.4. The molecule has 2 aromatic rings. The van der Waals surface area contributed by atoms with E-state index in [4.69, 9.17) is 21.1 Å². The lowest BCUT2D eigenvalue weighted by Gasteiger charge is -2.17. The molecular formula is C14H15ClN2O2. The average Bonchev–Trinajstić information content (AvgIpc) is 2.64. The van der Waals surface area contributed by atoms with Crippen LogP contribution in [0.3, 0.4) is 0 Å². The molecule has 0 radical (unpaired) electrons. The molecule has 0 spiro atoms. The molecule has 0 bridgehead atoms. The van der Waals surface area contributed by atoms with Gasteiger partial charge in [0.05, 0.1) is 12.6 Å². The van der Waals surface area contributed by atoms with Crippen LogP contribution in [0.25, 0.3) is 10.9 Å². The van der Waals surface area contributed by atoms with Gasteiger partial charge in [0, 0.05) is 17.4 Å². The minimum atomic E-state index is -0.255. The summed E-state index contributed by atoms with van der Waals surface area (Å²) in [7, 11) is 1.62. The monoisotopic (exact) mass is 278 g/mol. The smallest absolute Gasteiger partial charge is 0.167 e. The van der Waals surface area contributed by atoms with Crippen LogP contribution in [0.5, 0.6) is 11.5 Å². The maximum Gasteiger partial charge on any atom is 0.167 e. The van der Waals surface area contributed by atoms with Gasteiger partial charge in [0.1, 0.15) is 16.6 Å². The third kappa shape index (κ3) is 1.91. The molecule has 100 valence electrons. The molecule has 1 aromatic heterocycles. The number of benzene rings is 1. The van der Waals surface area contributed by atoms with Gasteiger partial charge in [-0.1, -0.05) is 11.6 Å². The van der Waals surface area contributed by atoms with E-state index in [-0.39, 0.29) is 5.60 Å². The van der Waals surface area contributed by atoms with Crippen LogP contribution in [0.15, 0.2) is 6.07 Å². The summed E-state index contributed by atoms with van der Waals surface area (Å²) < 4.78 is 11.4. The number of rotatable bonds is 1. The fourth-order valence-electron chi connectivity index (χ4n) is 2.52. The molecule has 0 aliphatic carbocycles. The van der Waals surface area contributed by atoms with E-state index in [0.29, 0.717) is 16.7 Å². The van der Waals surface area contributed by atoms with E-state index < -0.39 is 0 Å². The van der Waals surface area contributed by atoms with Crippen molar-refractivity contribution in [1.82, 2.24) is 9.97 Å². The molecule has 0 N–H and O–H groups in total. The first-order chi connectivity index (χ1) is 8.91. The SMILES string of the molecule is COc1cc2c(Cl)nc(C)nc2c2c1OC(C)(C)C2. The Bertz CT molecular complexity index is 683. The minimum Gasteiger partial charge on any atom is -0.493 e. The van der Waals surface area contributed by atoms with E-state index in [1.54, 1.807) is 7.11 Å². The topological polar surface area (TPSA) is 44.2 Å². The Hall–Kier alpha value is -1.55. The van der Waals surface area contributed by atoms with Crippen molar-refractivity contribution in [1.29, 1.82) is 0 Å². The molecule has 4 nitrogen and oxygen atoms in total. The number of aryl methyl sites for hydroxylation is 1. The van der Waals surface area contributed by atoms with Crippen molar-refractivity contribution in [2.24, 2.45) is 0 Å². The van der Waals surface area contributed by atoms with Gasteiger partial charge in [0.15, 0.2) is 11.5 Å². The molecular weight excluding hydrogens is 264 g/mol. The summed E-state index contributed by atoms with van der Waals surface area (Å²) >= 11 is 6.22. The Morgan fingerprint density at radius 3 is 2.79 bits per heavy atom. The summed E-state index contributed by atoms with van der Waals surface area (Å²) in [5.74, 6) is 2.12. The van der Waals surface area contributed by atoms with Gasteiger partial charge in [-0.25, -0.2) is 9.97 Å². The summed E-state index contributed by atoms with van der Waals surface area (Å²) in [5.41, 5.74) is 1.65. The molecule has 1 aliphatic rings. The zero-order valence-corrected chi connectivity index (χ0v) is 12.1. The van der Waals surface area contributed by atoms with E-state index in [0.717, 1.165) is 28.6 Å². The first-order valence-corrected chi connectivity index (χ1v) is 6.52. The van der Waals surface area contributed by atoms with Crippen molar-refractivity contribution in [2.75, 3.05) is 7.11 Å². The number of aromatic nitrogens is 2. The standard InChI is InChI=1S/C14H15ClN2O2/c1-7-16-11-8(13(15)17-7)5-10(18-4)12-9(11)6-14(2,3)19-12/h5H,6H2,1-4H3. The fraction of sp³-hybridized carbons (Fsp3) is 0.429. The molecule has 1 aromatic carbocycles. The van der Waals surface area contributed by atoms with Crippen LogP contribution in [0.4, 0.5) is 0 Å². The maximum atomic E-state index is 6.22. The molecule has 0 amide bonds. The highest BCUT2D eigenvalue weighted by molar-refractivity contribution is 6.34. The third-order valence-electron chi connectivity index (χ3n) is 3.27. The molecule has 0 fully saturated rings. The fourth-order valence-corrected chi connectivity index (χ4v) is 2.79. The Morgan fingerprint density at radius 2 is 2.11 bits per heavy atom. The second kappa shape index (κ2) is 3.97. The highest BCUT2D eigenvalue weighted by atomic mass is 35.5. The molecule has 0 saturated carbocycles. The minimum absolute atomic E-state index is 0.255. The lowest BCUT2D eigenvalue weighted by molar-refractivity contribution is 0.134. The molecule has 2 heterocycles. The quantitative estimate of drug-likeness (QED) is 0.751. The number of ether oxygens (including phenoxy) is 2. The predicted octanol–water partition coefficient (Wildman–Crippen LogP) is 3.31. The Kier molecular flexibility index (Phi) is 2.61. The highest BCUT2D eigenvalue weighted by Crippen LogP contribution is 2.46. The number of halogens is 1. The average molecular weight is 279 g/mol. The summed E-state index contributed by atoms with van der Waals surface area (Å²) in [5, 5.41) is 1.26. The van der Waals surface area contributed by atoms with Crippen LogP contribution in [0, 0.1) is 6.92 Å². The van der Waals surface area contributed by atoms with Crippen molar-refractivity contribution < 1.29 is 9.47 Å². The van der Waals surface area contributed by atoms with Gasteiger partial charge in [0.2, 0.25) is 0 Å². The number of hydrogen-bond acceptors (Lipinski definition) is 4. The van der Waals surface area contributed by atoms with Crippen LogP contribution >= 0.6 is 11.6 Å². The van der Waals surface area contributed by atoms with E-state index in [2.05, 4.69) is 9.97 Å². The lowest BCUT2D eigenvalue weighted by atomic mass is 9.99. The Balaban J connectivity index is 2.39. The second-order valence-electron chi connectivity index (χ2n) is 5.38. The van der Waals surface area contributed by atoms with Crippen molar-refractivity contribution in [2.45, 2.75) is 32.8 Å². The van der Waals surface area contributed by atoms with Gasteiger partial charge < -0.3 is 9.47 Å². The molecule has 0 unspecified atom stereocenters. The summed E-state index contributed by atoms with van der Waals surface area (Å²) in [4.78, 5) is 8.71. The summed E-state index contributed by atoms with van der Waals surface area (Å²) in [6.07, 6.45) is 0.781. The summed E-state index contributed by atoms with van der Waals surface area (Å²) in [6.45, 7) is 5.94. The first kappa shape index (κ1) is 12.5. The van der Waals surface area contributed by atoms with E-state index in [1.165, 1.54) is 0 Å². The molecule has 3 rings (SSSR count). The maximum absolute atomic E-state index is 6.22. The second-order valence-corrected chi connectivity index (χ2v) is 5.74. The normalized spacial score (nSPS) is 16.3. The third-order valence-corrected chi connectivity index (χ3v) is 3.56. The number of methoxy groups -OCH3 is 1. The van der Waals surface area contributed by atoms with Gasteiger partial charge in [-0.3, -0.25) is 0 Å². The molecule has 5 heteroatoms. The van der Waals surface area contributed by atoms with Crippen LogP contribution in [-0.4, -0.2) is 22.7 Å². The van der Waals surface area contributed by atoms with Crippen LogP contribution in [-0.2, 0) is 6.42 Å². The molecule has 1 aliphatic heterocycles. The van der Waals surface area contributed by atoms with E-state index in [1.807, 2.05) is 26.8 Å². The van der Waals surface area contributed by atoms with Gasteiger partial charge >= 0.3 is 0 Å². The lowest BCUT2D eigenvalue weighted by Crippen LogP contribution is -2.24. The van der Waals surface area contributed by atoms with Gasteiger partial charge in [0.25, 0.3) is 0 Å². The van der Waals surface area contributed by atoms with Crippen LogP contribution < -0.4 is 9.47 Å². The van der Waals surface area contributed by atoms with E-state index >= 15 is 0 Å². The molecule has 19 heavy (non-hydrogen) atoms. The Labute approximate surface area is 116 Å². The summed E-state index contributed by atoms with van der Waals surface area (Å²) in [6, 6.07) is 1.84. The van der Waals surface area contributed by atoms with Crippen LogP contribution in [0.1, 0.15) is 25.2 Å². The van der Waals surface area contributed by atoms with Crippen molar-refractivity contribution in [3.05, 3.63) is 22.6 Å². The van der Waals surface area contributed by atoms with Gasteiger partial charge in [-0.15, -0.1) is 0 Å². The highest BCUT2D eigenvalue weighted by Gasteiger charge is 2.35. The van der Waals surface area contributed by atoms with Crippen molar-refractivity contribution in [3.8, 4) is 11.5 Å². The largest absolute Gasteiger partial charge is 0.493 e. The Morgan fingerprint density at radius 1 is 1.37 bits per heavy atom.